The van der Waals surface area contributed by atoms with Gasteiger partial charge < -0.3 is 4.74 Å². The van der Waals surface area contributed by atoms with Gasteiger partial charge in [-0.3, -0.25) is 0 Å². The molecule has 0 amide bonds. The van der Waals surface area contributed by atoms with Crippen LogP contribution in [0.2, 0.25) is 0 Å². The number of hydrogen-bond donors (Lipinski definition) is 0. The Morgan fingerprint density at radius 3 is 2.78 bits per heavy atom. The third kappa shape index (κ3) is 2.35. The fourth-order valence-corrected chi connectivity index (χ4v) is 1.20. The molecule has 1 heteroatoms. The monoisotopic (exact) mass is 127 g/mol. The molecule has 0 N–H and O–H groups in total. The molecule has 1 aliphatic carbocycles. The van der Waals surface area contributed by atoms with Gasteiger partial charge in [0.05, 0.1) is 6.61 Å². The van der Waals surface area contributed by atoms with Crippen LogP contribution < -0.4 is 0 Å². The zero-order chi connectivity index (χ0) is 6.53. The van der Waals surface area contributed by atoms with Crippen molar-refractivity contribution in [3.63, 3.8) is 0 Å². The topological polar surface area (TPSA) is 9.23 Å². The highest BCUT2D eigenvalue weighted by Gasteiger charge is 2.15. The average Bonchev–Trinajstić information content (AvgIpc) is 1.76. The minimum absolute atomic E-state index is 1.02. The normalized spacial score (nSPS) is 19.7. The van der Waals surface area contributed by atoms with Crippen LogP contribution in [0, 0.1) is 12.5 Å². The van der Waals surface area contributed by atoms with Gasteiger partial charge in [0.2, 0.25) is 0 Å². The lowest BCUT2D eigenvalue weighted by Crippen LogP contribution is -2.10. The summed E-state index contributed by atoms with van der Waals surface area (Å²) in [7, 11) is 1.72. The molecule has 0 aliphatic heterocycles. The summed E-state index contributed by atoms with van der Waals surface area (Å²) in [5.41, 5.74) is 0. The third-order valence-electron chi connectivity index (χ3n) is 2.08. The Balaban J connectivity index is 1.80. The average molecular weight is 127 g/mol. The van der Waals surface area contributed by atoms with Gasteiger partial charge in [-0.1, -0.05) is 19.3 Å². The molecule has 1 rings (SSSR count). The van der Waals surface area contributed by atoms with Crippen molar-refractivity contribution in [1.82, 2.24) is 0 Å². The van der Waals surface area contributed by atoms with Crippen LogP contribution in [-0.2, 0) is 4.74 Å². The van der Waals surface area contributed by atoms with Crippen LogP contribution in [0.25, 0.3) is 0 Å². The van der Waals surface area contributed by atoms with E-state index in [9.17, 15) is 0 Å². The molecule has 0 unspecified atom stereocenters. The molecule has 1 fully saturated rings. The second kappa shape index (κ2) is 3.89. The van der Waals surface area contributed by atoms with Crippen molar-refractivity contribution >= 4 is 0 Å². The molecule has 53 valence electrons. The molecule has 0 bridgehead atoms. The van der Waals surface area contributed by atoms with Gasteiger partial charge in [0.25, 0.3) is 0 Å². The number of hydrogen-bond acceptors (Lipinski definition) is 1. The molecule has 0 aromatic heterocycles. The Labute approximate surface area is 57.4 Å². The van der Waals surface area contributed by atoms with Crippen LogP contribution in [0.1, 0.15) is 32.1 Å². The Bertz CT molecular complexity index is 67.0. The second-order valence-electron chi connectivity index (χ2n) is 2.78. The quantitative estimate of drug-likeness (QED) is 0.527. The Morgan fingerprint density at radius 2 is 2.33 bits per heavy atom. The maximum atomic E-state index is 4.84. The van der Waals surface area contributed by atoms with Crippen molar-refractivity contribution in [1.29, 1.82) is 0 Å². The van der Waals surface area contributed by atoms with Crippen molar-refractivity contribution in [3.8, 4) is 0 Å². The zero-order valence-corrected chi connectivity index (χ0v) is 6.10. The lowest BCUT2D eigenvalue weighted by molar-refractivity contribution is 0.233. The minimum atomic E-state index is 1.02. The Hall–Kier alpha value is -0.0400. The molecule has 1 aliphatic rings. The Kier molecular flexibility index (Phi) is 3.05. The minimum Gasteiger partial charge on any atom is -0.379 e. The molecule has 1 nitrogen and oxygen atoms in total. The van der Waals surface area contributed by atoms with Crippen LogP contribution in [0.5, 0.6) is 0 Å². The first-order valence-corrected chi connectivity index (χ1v) is 3.78. The van der Waals surface area contributed by atoms with Crippen LogP contribution in [0.3, 0.4) is 0 Å². The summed E-state index contributed by atoms with van der Waals surface area (Å²) in [4.78, 5) is 0. The van der Waals surface area contributed by atoms with E-state index in [1.54, 1.807) is 7.11 Å². The summed E-state index contributed by atoms with van der Waals surface area (Å²) < 4.78 is 4.84. The highest BCUT2D eigenvalue weighted by Crippen LogP contribution is 2.30. The van der Waals surface area contributed by atoms with Crippen molar-refractivity contribution in [2.75, 3.05) is 7.11 Å². The van der Waals surface area contributed by atoms with Gasteiger partial charge in [-0.25, -0.2) is 0 Å². The predicted octanol–water partition coefficient (Wildman–Crippen LogP) is 2.37. The lowest BCUT2D eigenvalue weighted by atomic mass is 9.82. The predicted molar refractivity (Wildman–Crippen MR) is 37.9 cm³/mol. The largest absolute Gasteiger partial charge is 0.379 e. The molecule has 0 aromatic rings. The first-order chi connectivity index (χ1) is 4.43. The molecular formula is C8H15O. The zero-order valence-electron chi connectivity index (χ0n) is 6.10. The molecule has 0 atom stereocenters. The number of methoxy groups -OCH3 is 1. The molecule has 0 aromatic carbocycles. The highest BCUT2D eigenvalue weighted by atomic mass is 16.5. The fraction of sp³-hybridized carbons (Fsp3) is 0.875. The second-order valence-corrected chi connectivity index (χ2v) is 2.78. The van der Waals surface area contributed by atoms with E-state index >= 15 is 0 Å². The summed E-state index contributed by atoms with van der Waals surface area (Å²) in [6.45, 7) is 1.90. The molecule has 1 saturated carbocycles. The fourth-order valence-electron chi connectivity index (χ4n) is 1.20. The summed E-state index contributed by atoms with van der Waals surface area (Å²) >= 11 is 0. The van der Waals surface area contributed by atoms with Gasteiger partial charge in [-0.15, -0.1) is 0 Å². The van der Waals surface area contributed by atoms with Crippen molar-refractivity contribution in [3.05, 3.63) is 6.61 Å². The maximum Gasteiger partial charge on any atom is 0.0832 e. The smallest absolute Gasteiger partial charge is 0.0832 e. The van der Waals surface area contributed by atoms with Crippen LogP contribution in [-0.4, -0.2) is 7.11 Å². The lowest BCUT2D eigenvalue weighted by Gasteiger charge is -2.24. The maximum absolute atomic E-state index is 4.84. The van der Waals surface area contributed by atoms with E-state index in [0.717, 1.165) is 12.3 Å². The number of ether oxygens (including phenoxy) is 1. The molecule has 0 saturated heterocycles. The van der Waals surface area contributed by atoms with Crippen molar-refractivity contribution in [2.24, 2.45) is 5.92 Å². The molecule has 9 heavy (non-hydrogen) atoms. The van der Waals surface area contributed by atoms with E-state index in [-0.39, 0.29) is 0 Å². The Morgan fingerprint density at radius 1 is 1.56 bits per heavy atom. The van der Waals surface area contributed by atoms with E-state index in [1.165, 1.54) is 25.7 Å². The van der Waals surface area contributed by atoms with Crippen molar-refractivity contribution in [2.45, 2.75) is 32.1 Å². The van der Waals surface area contributed by atoms with Gasteiger partial charge >= 0.3 is 0 Å². The summed E-state index contributed by atoms with van der Waals surface area (Å²) in [6, 6.07) is 0. The number of rotatable bonds is 4. The third-order valence-corrected chi connectivity index (χ3v) is 2.08. The van der Waals surface area contributed by atoms with E-state index in [4.69, 9.17) is 4.74 Å². The van der Waals surface area contributed by atoms with E-state index in [2.05, 4.69) is 0 Å². The van der Waals surface area contributed by atoms with E-state index < -0.39 is 0 Å². The van der Waals surface area contributed by atoms with E-state index in [0.29, 0.717) is 0 Å². The first-order valence-electron chi connectivity index (χ1n) is 3.78. The first kappa shape index (κ1) is 7.07. The van der Waals surface area contributed by atoms with Gasteiger partial charge in [0, 0.05) is 7.11 Å². The molecule has 1 radical (unpaired) electrons. The van der Waals surface area contributed by atoms with Gasteiger partial charge in [0.1, 0.15) is 0 Å². The van der Waals surface area contributed by atoms with Gasteiger partial charge in [-0.2, -0.15) is 0 Å². The molecule has 0 spiro atoms. The van der Waals surface area contributed by atoms with Gasteiger partial charge in [-0.05, 0) is 18.8 Å². The summed E-state index contributed by atoms with van der Waals surface area (Å²) in [6.07, 6.45) is 6.85. The highest BCUT2D eigenvalue weighted by molar-refractivity contribution is 4.70. The van der Waals surface area contributed by atoms with Gasteiger partial charge in [0.15, 0.2) is 0 Å². The summed E-state index contributed by atoms with van der Waals surface area (Å²) in [5.74, 6) is 1.02. The van der Waals surface area contributed by atoms with Crippen LogP contribution >= 0.6 is 0 Å². The SMILES string of the molecule is CO[CH]CCC1CCC1. The van der Waals surface area contributed by atoms with Crippen LogP contribution in [0.15, 0.2) is 0 Å². The summed E-state index contributed by atoms with van der Waals surface area (Å²) in [5, 5.41) is 0. The van der Waals surface area contributed by atoms with E-state index in [1.807, 2.05) is 6.61 Å². The standard InChI is InChI=1S/C8H15O/c1-9-7-3-6-8-4-2-5-8/h7-8H,2-6H2,1H3. The molecule has 0 heterocycles. The van der Waals surface area contributed by atoms with Crippen LogP contribution in [0.4, 0.5) is 0 Å². The molecular weight excluding hydrogens is 112 g/mol. The van der Waals surface area contributed by atoms with Crippen molar-refractivity contribution < 1.29 is 4.74 Å².